The van der Waals surface area contributed by atoms with Gasteiger partial charge in [0.1, 0.15) is 5.75 Å². The first-order valence-corrected chi connectivity index (χ1v) is 8.35. The summed E-state index contributed by atoms with van der Waals surface area (Å²) < 4.78 is 10.5. The van der Waals surface area contributed by atoms with Gasteiger partial charge in [0.15, 0.2) is 0 Å². The van der Waals surface area contributed by atoms with Crippen molar-refractivity contribution in [1.82, 2.24) is 0 Å². The summed E-state index contributed by atoms with van der Waals surface area (Å²) >= 11 is 0. The first kappa shape index (κ1) is 18.0. The first-order chi connectivity index (χ1) is 11.5. The minimum Gasteiger partial charge on any atom is -0.497 e. The molecule has 0 aliphatic heterocycles. The van der Waals surface area contributed by atoms with E-state index in [-0.39, 0.29) is 18.0 Å². The highest BCUT2D eigenvalue weighted by Gasteiger charge is 2.35. The Morgan fingerprint density at radius 3 is 2.38 bits per heavy atom. The molecule has 24 heavy (non-hydrogen) atoms. The fraction of sp³-hybridized carbons (Fsp3) is 0.474. The molecule has 2 rings (SSSR count). The topological polar surface area (TPSA) is 64.6 Å². The smallest absolute Gasteiger partial charge is 0.310 e. The second-order valence-electron chi connectivity index (χ2n) is 6.03. The molecule has 3 atom stereocenters. The lowest BCUT2D eigenvalue weighted by molar-refractivity contribution is -0.157. The van der Waals surface area contributed by atoms with Gasteiger partial charge in [-0.05, 0) is 50.5 Å². The molecule has 1 aliphatic carbocycles. The number of ether oxygens (including phenoxy) is 2. The number of benzene rings is 1. The maximum Gasteiger partial charge on any atom is 0.310 e. The van der Waals surface area contributed by atoms with E-state index < -0.39 is 11.8 Å². The van der Waals surface area contributed by atoms with Crippen molar-refractivity contribution in [2.75, 3.05) is 12.4 Å². The molecule has 0 saturated carbocycles. The highest BCUT2D eigenvalue weighted by Crippen LogP contribution is 2.29. The number of carbonyl (C=O) groups is 2. The van der Waals surface area contributed by atoms with E-state index in [2.05, 4.69) is 5.32 Å². The third-order valence-electron chi connectivity index (χ3n) is 4.32. The number of carbonyl (C=O) groups excluding carboxylic acids is 2. The molecule has 0 unspecified atom stereocenters. The molecule has 0 spiro atoms. The minimum atomic E-state index is -0.428. The lowest BCUT2D eigenvalue weighted by Crippen LogP contribution is -2.36. The zero-order valence-electron chi connectivity index (χ0n) is 14.5. The molecule has 1 amide bonds. The second kappa shape index (κ2) is 8.52. The average molecular weight is 331 g/mol. The van der Waals surface area contributed by atoms with Gasteiger partial charge in [-0.25, -0.2) is 0 Å². The maximum absolute atomic E-state index is 12.6. The van der Waals surface area contributed by atoms with Crippen LogP contribution in [0, 0.1) is 11.8 Å². The molecule has 1 aliphatic rings. The Labute approximate surface area is 143 Å². The first-order valence-electron chi connectivity index (χ1n) is 8.35. The van der Waals surface area contributed by atoms with E-state index in [1.807, 2.05) is 26.0 Å². The van der Waals surface area contributed by atoms with Gasteiger partial charge in [-0.2, -0.15) is 0 Å². The number of allylic oxidation sites excluding steroid dienone is 2. The van der Waals surface area contributed by atoms with Crippen LogP contribution in [0.15, 0.2) is 36.4 Å². The predicted molar refractivity (Wildman–Crippen MR) is 92.8 cm³/mol. The molecular formula is C19H25NO4. The third kappa shape index (κ3) is 4.60. The lowest BCUT2D eigenvalue weighted by Gasteiger charge is -2.27. The van der Waals surface area contributed by atoms with Crippen LogP contribution in [-0.4, -0.2) is 25.1 Å². The molecule has 5 heteroatoms. The van der Waals surface area contributed by atoms with Crippen LogP contribution >= 0.6 is 0 Å². The molecule has 130 valence electrons. The summed E-state index contributed by atoms with van der Waals surface area (Å²) in [6, 6.07) is 7.12. The zero-order valence-corrected chi connectivity index (χ0v) is 14.5. The van der Waals surface area contributed by atoms with Crippen LogP contribution in [-0.2, 0) is 14.3 Å². The number of esters is 1. The molecule has 1 aromatic rings. The van der Waals surface area contributed by atoms with E-state index in [1.165, 1.54) is 0 Å². The largest absolute Gasteiger partial charge is 0.497 e. The van der Waals surface area contributed by atoms with Crippen molar-refractivity contribution in [3.05, 3.63) is 36.4 Å². The Morgan fingerprint density at radius 1 is 1.17 bits per heavy atom. The van der Waals surface area contributed by atoms with E-state index >= 15 is 0 Å². The van der Waals surface area contributed by atoms with Crippen LogP contribution < -0.4 is 10.1 Å². The van der Waals surface area contributed by atoms with Gasteiger partial charge in [0.25, 0.3) is 0 Å². The van der Waals surface area contributed by atoms with E-state index in [0.717, 1.165) is 12.2 Å². The Hall–Kier alpha value is -2.30. The summed E-state index contributed by atoms with van der Waals surface area (Å²) in [6.07, 6.45) is 5.61. The summed E-state index contributed by atoms with van der Waals surface area (Å²) in [5, 5.41) is 2.88. The van der Waals surface area contributed by atoms with E-state index in [4.69, 9.17) is 9.47 Å². The fourth-order valence-corrected chi connectivity index (χ4v) is 2.64. The van der Waals surface area contributed by atoms with Crippen molar-refractivity contribution in [3.8, 4) is 5.75 Å². The summed E-state index contributed by atoms with van der Waals surface area (Å²) in [5.41, 5.74) is 0.685. The number of methoxy groups -OCH3 is 1. The van der Waals surface area contributed by atoms with Crippen LogP contribution in [0.25, 0.3) is 0 Å². The highest BCUT2D eigenvalue weighted by atomic mass is 16.5. The summed E-state index contributed by atoms with van der Waals surface area (Å²) in [6.45, 7) is 3.83. The Balaban J connectivity index is 2.04. The summed E-state index contributed by atoms with van der Waals surface area (Å²) in [5.74, 6) is -0.557. The van der Waals surface area contributed by atoms with Gasteiger partial charge < -0.3 is 14.8 Å². The van der Waals surface area contributed by atoms with E-state index in [0.29, 0.717) is 18.5 Å². The molecule has 0 heterocycles. The summed E-state index contributed by atoms with van der Waals surface area (Å²) in [7, 11) is 1.59. The summed E-state index contributed by atoms with van der Waals surface area (Å²) in [4.78, 5) is 25.0. The Kier molecular flexibility index (Phi) is 6.41. The highest BCUT2D eigenvalue weighted by molar-refractivity contribution is 5.95. The van der Waals surface area contributed by atoms with Gasteiger partial charge in [-0.1, -0.05) is 19.1 Å². The fourth-order valence-electron chi connectivity index (χ4n) is 2.64. The maximum atomic E-state index is 12.6. The standard InChI is InChI=1S/C19H25NO4/c1-4-13(2)24-19(22)17-8-6-5-7-16(17)18(21)20-14-9-11-15(23-3)12-10-14/h5-6,9-13,16-17H,4,7-8H2,1-3H3,(H,20,21)/t13-,16+,17-/m0/s1. The zero-order chi connectivity index (χ0) is 17.5. The number of anilines is 1. The van der Waals surface area contributed by atoms with Gasteiger partial charge in [-0.3, -0.25) is 9.59 Å². The van der Waals surface area contributed by atoms with E-state index in [9.17, 15) is 9.59 Å². The van der Waals surface area contributed by atoms with Gasteiger partial charge in [0.05, 0.1) is 25.0 Å². The van der Waals surface area contributed by atoms with Gasteiger partial charge in [0.2, 0.25) is 5.91 Å². The Morgan fingerprint density at radius 2 is 1.79 bits per heavy atom. The molecule has 5 nitrogen and oxygen atoms in total. The van der Waals surface area contributed by atoms with Gasteiger partial charge in [-0.15, -0.1) is 0 Å². The van der Waals surface area contributed by atoms with Crippen LogP contribution in [0.2, 0.25) is 0 Å². The SMILES string of the molecule is CC[C@H](C)OC(=O)[C@H]1CC=CC[C@H]1C(=O)Nc1ccc(OC)cc1. The molecular weight excluding hydrogens is 306 g/mol. The third-order valence-corrected chi connectivity index (χ3v) is 4.32. The minimum absolute atomic E-state index is 0.131. The second-order valence-corrected chi connectivity index (χ2v) is 6.03. The molecule has 0 fully saturated rings. The van der Waals surface area contributed by atoms with Gasteiger partial charge in [0, 0.05) is 5.69 Å². The van der Waals surface area contributed by atoms with Crippen LogP contribution in [0.4, 0.5) is 5.69 Å². The monoisotopic (exact) mass is 331 g/mol. The van der Waals surface area contributed by atoms with Crippen molar-refractivity contribution in [1.29, 1.82) is 0 Å². The molecule has 0 radical (unpaired) electrons. The lowest BCUT2D eigenvalue weighted by atomic mass is 9.82. The van der Waals surface area contributed by atoms with E-state index in [1.54, 1.807) is 31.4 Å². The van der Waals surface area contributed by atoms with Gasteiger partial charge >= 0.3 is 5.97 Å². The number of amides is 1. The van der Waals surface area contributed by atoms with Crippen molar-refractivity contribution >= 4 is 17.6 Å². The van der Waals surface area contributed by atoms with Crippen LogP contribution in [0.3, 0.4) is 0 Å². The van der Waals surface area contributed by atoms with Crippen LogP contribution in [0.5, 0.6) is 5.75 Å². The molecule has 0 aromatic heterocycles. The normalized spacial score (nSPS) is 21.0. The van der Waals surface area contributed by atoms with Crippen molar-refractivity contribution in [2.45, 2.75) is 39.2 Å². The predicted octanol–water partition coefficient (Wildman–Crippen LogP) is 3.56. The molecule has 1 N–H and O–H groups in total. The number of hydrogen-bond donors (Lipinski definition) is 1. The van der Waals surface area contributed by atoms with Crippen molar-refractivity contribution < 1.29 is 19.1 Å². The average Bonchev–Trinajstić information content (AvgIpc) is 2.62. The molecule has 0 bridgehead atoms. The van der Waals surface area contributed by atoms with Crippen molar-refractivity contribution in [3.63, 3.8) is 0 Å². The molecule has 0 saturated heterocycles. The number of rotatable bonds is 6. The molecule has 1 aromatic carbocycles. The quantitative estimate of drug-likeness (QED) is 0.639. The van der Waals surface area contributed by atoms with Crippen molar-refractivity contribution in [2.24, 2.45) is 11.8 Å². The number of nitrogens with one attached hydrogen (secondary N) is 1. The Bertz CT molecular complexity index is 594. The number of hydrogen-bond acceptors (Lipinski definition) is 4. The van der Waals surface area contributed by atoms with Crippen LogP contribution in [0.1, 0.15) is 33.1 Å².